The maximum Gasteiger partial charge on any atom is 0.306 e. The first-order valence-electron chi connectivity index (χ1n) is 9.09. The minimum absolute atomic E-state index is 0.0182. The summed E-state index contributed by atoms with van der Waals surface area (Å²) >= 11 is 0. The predicted octanol–water partition coefficient (Wildman–Crippen LogP) is 5.11. The van der Waals surface area contributed by atoms with E-state index in [0.717, 1.165) is 25.0 Å². The number of hydrogen-bond donors (Lipinski definition) is 0. The monoisotopic (exact) mass is 370 g/mol. The van der Waals surface area contributed by atoms with Gasteiger partial charge in [0.25, 0.3) is 0 Å². The molecule has 0 fully saturated rings. The number of carbonyl (C=O) groups excluding carboxylic acids is 2. The molecule has 0 amide bonds. The van der Waals surface area contributed by atoms with Gasteiger partial charge in [-0.05, 0) is 37.8 Å². The van der Waals surface area contributed by atoms with Crippen LogP contribution in [0, 0.1) is 17.6 Å². The molecule has 0 aliphatic carbocycles. The van der Waals surface area contributed by atoms with Crippen LogP contribution >= 0.6 is 0 Å². The number of rotatable bonds is 10. The summed E-state index contributed by atoms with van der Waals surface area (Å²) in [5, 5.41) is 0. The Balaban J connectivity index is 2.41. The third-order valence-corrected chi connectivity index (χ3v) is 4.08. The summed E-state index contributed by atoms with van der Waals surface area (Å²) < 4.78 is 37.8. The maximum atomic E-state index is 13.7. The molecular formula is C20H28F2O4. The van der Waals surface area contributed by atoms with Crippen molar-refractivity contribution >= 4 is 11.9 Å². The fourth-order valence-corrected chi connectivity index (χ4v) is 2.63. The molecule has 1 rings (SSSR count). The van der Waals surface area contributed by atoms with E-state index in [9.17, 15) is 18.4 Å². The van der Waals surface area contributed by atoms with Crippen molar-refractivity contribution in [3.05, 3.63) is 35.4 Å². The Morgan fingerprint density at radius 2 is 1.54 bits per heavy atom. The minimum atomic E-state index is -1.04. The highest BCUT2D eigenvalue weighted by Crippen LogP contribution is 2.24. The van der Waals surface area contributed by atoms with Gasteiger partial charge in [0.2, 0.25) is 0 Å². The van der Waals surface area contributed by atoms with E-state index in [4.69, 9.17) is 9.47 Å². The number of halogens is 2. The van der Waals surface area contributed by atoms with Crippen molar-refractivity contribution in [2.24, 2.45) is 5.92 Å². The average molecular weight is 370 g/mol. The van der Waals surface area contributed by atoms with Gasteiger partial charge in [-0.25, -0.2) is 8.78 Å². The highest BCUT2D eigenvalue weighted by molar-refractivity contribution is 5.72. The van der Waals surface area contributed by atoms with Crippen molar-refractivity contribution in [2.45, 2.75) is 72.0 Å². The van der Waals surface area contributed by atoms with Gasteiger partial charge in [0.1, 0.15) is 23.8 Å². The second kappa shape index (κ2) is 10.9. The third kappa shape index (κ3) is 7.10. The second-order valence-corrected chi connectivity index (χ2v) is 6.68. The van der Waals surface area contributed by atoms with Gasteiger partial charge in [-0.2, -0.15) is 0 Å². The molecule has 0 aliphatic rings. The smallest absolute Gasteiger partial charge is 0.306 e. The van der Waals surface area contributed by atoms with Gasteiger partial charge in [0.15, 0.2) is 0 Å². The highest BCUT2D eigenvalue weighted by atomic mass is 19.1. The molecule has 2 unspecified atom stereocenters. The molecule has 0 bridgehead atoms. The van der Waals surface area contributed by atoms with E-state index in [1.807, 2.05) is 20.8 Å². The van der Waals surface area contributed by atoms with Gasteiger partial charge >= 0.3 is 11.9 Å². The Kier molecular flexibility index (Phi) is 9.24. The van der Waals surface area contributed by atoms with Crippen LogP contribution in [-0.2, 0) is 19.1 Å². The van der Waals surface area contributed by atoms with Crippen molar-refractivity contribution in [1.82, 2.24) is 0 Å². The molecule has 0 N–H and O–H groups in total. The molecule has 0 spiro atoms. The maximum absolute atomic E-state index is 13.7. The molecule has 4 nitrogen and oxygen atoms in total. The van der Waals surface area contributed by atoms with Crippen LogP contribution in [0.25, 0.3) is 0 Å². The van der Waals surface area contributed by atoms with Crippen LogP contribution in [0.3, 0.4) is 0 Å². The van der Waals surface area contributed by atoms with E-state index in [0.29, 0.717) is 0 Å². The number of ether oxygens (including phenoxy) is 2. The second-order valence-electron chi connectivity index (χ2n) is 6.68. The Labute approximate surface area is 153 Å². The topological polar surface area (TPSA) is 52.6 Å². The van der Waals surface area contributed by atoms with Crippen molar-refractivity contribution in [1.29, 1.82) is 0 Å². The molecule has 26 heavy (non-hydrogen) atoms. The van der Waals surface area contributed by atoms with E-state index < -0.39 is 23.7 Å². The molecule has 1 aromatic carbocycles. The fraction of sp³-hybridized carbons (Fsp3) is 0.600. The lowest BCUT2D eigenvalue weighted by Crippen LogP contribution is -2.23. The molecule has 146 valence electrons. The van der Waals surface area contributed by atoms with Crippen LogP contribution in [-0.4, -0.2) is 18.0 Å². The molecular weight excluding hydrogens is 342 g/mol. The number of benzene rings is 1. The Morgan fingerprint density at radius 1 is 1.00 bits per heavy atom. The lowest BCUT2D eigenvalue weighted by molar-refractivity contribution is -0.152. The first-order valence-corrected chi connectivity index (χ1v) is 9.09. The lowest BCUT2D eigenvalue weighted by atomic mass is 10.0. The molecule has 0 radical (unpaired) electrons. The summed E-state index contributed by atoms with van der Waals surface area (Å²) in [5.74, 6) is -2.24. The van der Waals surface area contributed by atoms with Crippen molar-refractivity contribution in [3.63, 3.8) is 0 Å². The van der Waals surface area contributed by atoms with Crippen LogP contribution in [0.4, 0.5) is 8.78 Å². The molecule has 0 saturated heterocycles. The SMILES string of the molecule is CCCC(OC(=O)CCCC(=O)OC(C)c1c(F)cccc1F)C(C)C. The number of esters is 2. The summed E-state index contributed by atoms with van der Waals surface area (Å²) in [6.45, 7) is 7.42. The number of carbonyl (C=O) groups is 2. The van der Waals surface area contributed by atoms with Crippen molar-refractivity contribution in [2.75, 3.05) is 0 Å². The van der Waals surface area contributed by atoms with Crippen LogP contribution in [0.2, 0.25) is 0 Å². The first kappa shape index (κ1) is 22.1. The van der Waals surface area contributed by atoms with Gasteiger partial charge in [0, 0.05) is 12.8 Å². The highest BCUT2D eigenvalue weighted by Gasteiger charge is 2.21. The molecule has 0 aromatic heterocycles. The standard InChI is InChI=1S/C20H28F2O4/c1-5-8-17(13(2)3)26-19(24)12-7-11-18(23)25-14(4)20-15(21)9-6-10-16(20)22/h6,9-10,13-14,17H,5,7-8,11-12H2,1-4H3. The average Bonchev–Trinajstić information content (AvgIpc) is 2.54. The van der Waals surface area contributed by atoms with Crippen LogP contribution in [0.5, 0.6) is 0 Å². The van der Waals surface area contributed by atoms with E-state index in [2.05, 4.69) is 0 Å². The van der Waals surface area contributed by atoms with Crippen LogP contribution < -0.4 is 0 Å². The molecule has 2 atom stereocenters. The van der Waals surface area contributed by atoms with Gasteiger partial charge in [-0.3, -0.25) is 9.59 Å². The van der Waals surface area contributed by atoms with Crippen molar-refractivity contribution in [3.8, 4) is 0 Å². The lowest BCUT2D eigenvalue weighted by Gasteiger charge is -2.20. The zero-order valence-corrected chi connectivity index (χ0v) is 15.9. The summed E-state index contributed by atoms with van der Waals surface area (Å²) in [6, 6.07) is 3.47. The zero-order valence-electron chi connectivity index (χ0n) is 15.9. The van der Waals surface area contributed by atoms with Gasteiger partial charge in [0.05, 0.1) is 5.56 Å². The molecule has 1 aromatic rings. The Bertz CT molecular complexity index is 581. The zero-order chi connectivity index (χ0) is 19.7. The Hall–Kier alpha value is -1.98. The molecule has 0 aliphatic heterocycles. The summed E-state index contributed by atoms with van der Waals surface area (Å²) in [7, 11) is 0. The van der Waals surface area contributed by atoms with E-state index in [1.165, 1.54) is 13.0 Å². The van der Waals surface area contributed by atoms with Crippen LogP contribution in [0.1, 0.15) is 71.5 Å². The van der Waals surface area contributed by atoms with Gasteiger partial charge in [-0.15, -0.1) is 0 Å². The van der Waals surface area contributed by atoms with E-state index in [1.54, 1.807) is 0 Å². The van der Waals surface area contributed by atoms with Crippen molar-refractivity contribution < 1.29 is 27.8 Å². The molecule has 0 heterocycles. The van der Waals surface area contributed by atoms with Gasteiger partial charge in [-0.1, -0.05) is 33.3 Å². The minimum Gasteiger partial charge on any atom is -0.462 e. The Morgan fingerprint density at radius 3 is 2.04 bits per heavy atom. The van der Waals surface area contributed by atoms with Crippen LogP contribution in [0.15, 0.2) is 18.2 Å². The normalized spacial score (nSPS) is 13.3. The quantitative estimate of drug-likeness (QED) is 0.537. The predicted molar refractivity (Wildman–Crippen MR) is 94.3 cm³/mol. The summed E-state index contributed by atoms with van der Waals surface area (Å²) in [6.07, 6.45) is 0.916. The number of hydrogen-bond acceptors (Lipinski definition) is 4. The fourth-order valence-electron chi connectivity index (χ4n) is 2.63. The summed E-state index contributed by atoms with van der Waals surface area (Å²) in [5.41, 5.74) is -0.278. The molecule has 6 heteroatoms. The summed E-state index contributed by atoms with van der Waals surface area (Å²) in [4.78, 5) is 23.7. The largest absolute Gasteiger partial charge is 0.462 e. The third-order valence-electron chi connectivity index (χ3n) is 4.08. The van der Waals surface area contributed by atoms with E-state index >= 15 is 0 Å². The van der Waals surface area contributed by atoms with Gasteiger partial charge < -0.3 is 9.47 Å². The van der Waals surface area contributed by atoms with E-state index in [-0.39, 0.29) is 42.8 Å². The molecule has 0 saturated carbocycles. The first-order chi connectivity index (χ1) is 12.3.